The first-order valence-corrected chi connectivity index (χ1v) is 6.53. The van der Waals surface area contributed by atoms with Crippen molar-refractivity contribution in [1.29, 1.82) is 0 Å². The van der Waals surface area contributed by atoms with Crippen LogP contribution >= 0.6 is 0 Å². The Balaban J connectivity index is -0.0000000217. The van der Waals surface area contributed by atoms with E-state index in [1.54, 1.807) is 0 Å². The molecular formula is C6H18F2N4O8S2Y2-4. The van der Waals surface area contributed by atoms with Gasteiger partial charge in [0.05, 0.1) is 11.8 Å². The molecule has 2 radical (unpaired) electrons. The Bertz CT molecular complexity index is 383. The summed E-state index contributed by atoms with van der Waals surface area (Å²) in [4.78, 5) is 18.2. The van der Waals surface area contributed by atoms with E-state index in [9.17, 15) is 7.77 Å². The summed E-state index contributed by atoms with van der Waals surface area (Å²) < 4.78 is 68.2. The van der Waals surface area contributed by atoms with E-state index in [1.807, 2.05) is 0 Å². The van der Waals surface area contributed by atoms with E-state index in [-0.39, 0.29) is 65.4 Å². The summed E-state index contributed by atoms with van der Waals surface area (Å²) in [6.07, 6.45) is 0. The molecule has 12 nitrogen and oxygen atoms in total. The fraction of sp³-hybridized carbons (Fsp3) is 0. The van der Waals surface area contributed by atoms with Crippen LogP contribution in [0.2, 0.25) is 0 Å². The number of halogens is 2. The minimum absolute atomic E-state index is 0. The molecule has 146 valence electrons. The van der Waals surface area contributed by atoms with Crippen LogP contribution in [0.3, 0.4) is 0 Å². The molecule has 24 heavy (non-hydrogen) atoms. The van der Waals surface area contributed by atoms with Crippen molar-refractivity contribution < 1.29 is 109 Å². The molecule has 0 unspecified atom stereocenters. The number of hydrogen-bond donors (Lipinski definition) is 6. The van der Waals surface area contributed by atoms with E-state index < -0.39 is 32.8 Å². The zero-order valence-corrected chi connectivity index (χ0v) is 19.5. The summed E-state index contributed by atoms with van der Waals surface area (Å²) in [5.74, 6) is -1.17. The van der Waals surface area contributed by atoms with Crippen LogP contribution in [0.15, 0.2) is 0 Å². The average Bonchev–Trinajstić information content (AvgIpc) is 2.15. The summed E-state index contributed by atoms with van der Waals surface area (Å²) >= 11 is 0. The van der Waals surface area contributed by atoms with Gasteiger partial charge in [0, 0.05) is 65.4 Å². The van der Waals surface area contributed by atoms with Gasteiger partial charge < -0.3 is 46.4 Å². The van der Waals surface area contributed by atoms with Crippen LogP contribution in [-0.2, 0) is 96.0 Å². The molecule has 0 heterocycles. The molecule has 0 fully saturated rings. The zero-order chi connectivity index (χ0) is 20.2. The number of hydrogen-bond acceptors (Lipinski definition) is 8. The van der Waals surface area contributed by atoms with Crippen molar-refractivity contribution in [2.75, 3.05) is 0 Å². The number of primary amides is 2. The molecule has 0 aliphatic rings. The molecule has 0 aromatic heterocycles. The van der Waals surface area contributed by atoms with Crippen LogP contribution in [-0.4, -0.2) is 37.8 Å². The van der Waals surface area contributed by atoms with Crippen LogP contribution in [0.1, 0.15) is 0 Å². The third kappa shape index (κ3) is 43600. The first-order valence-electron chi connectivity index (χ1n) is 3.85. The Morgan fingerprint density at radius 1 is 0.708 bits per heavy atom. The summed E-state index contributed by atoms with van der Waals surface area (Å²) in [5, 5.41) is 0. The fourth-order valence-electron chi connectivity index (χ4n) is 0. The largest absolute Gasteiger partial charge is 0.486 e. The summed E-state index contributed by atoms with van der Waals surface area (Å²) in [5.41, 5.74) is 17.2. The second-order valence-electron chi connectivity index (χ2n) is 1.76. The number of rotatable bonds is 0. The Morgan fingerprint density at radius 3 is 0.708 bits per heavy atom. The molecule has 18 heteroatoms. The molecule has 0 saturated carbocycles. The van der Waals surface area contributed by atoms with Gasteiger partial charge in [-0.1, -0.05) is 7.77 Å². The quantitative estimate of drug-likeness (QED) is 0.105. The Labute approximate surface area is 190 Å². The molecule has 0 aliphatic heterocycles. The van der Waals surface area contributed by atoms with E-state index in [0.29, 0.717) is 0 Å². The number of amides is 2. The topological polar surface area (TPSA) is 247 Å². The van der Waals surface area contributed by atoms with Gasteiger partial charge in [0.1, 0.15) is 0 Å². The predicted octanol–water partition coefficient (Wildman–Crippen LogP) is -2.40. The second-order valence-corrected chi connectivity index (χ2v) is 3.41. The maximum Gasteiger partial charge on any atom is 0.435 e. The minimum atomic E-state index is -5.17. The van der Waals surface area contributed by atoms with E-state index in [1.165, 1.54) is 0 Å². The van der Waals surface area contributed by atoms with Crippen molar-refractivity contribution in [2.24, 2.45) is 22.9 Å². The third-order valence-corrected chi connectivity index (χ3v) is 0. The summed E-state index contributed by atoms with van der Waals surface area (Å²) in [7, 11) is -4.83. The monoisotopic (exact) mass is 554 g/mol. The van der Waals surface area contributed by atoms with Crippen molar-refractivity contribution in [3.05, 3.63) is 27.9 Å². The second kappa shape index (κ2) is 34.8. The first kappa shape index (κ1) is 49.7. The van der Waals surface area contributed by atoms with Gasteiger partial charge in [-0.3, -0.25) is 23.2 Å². The SMILES string of the molecule is O=S(=O)(O)F.O=S(=O)(O)F.[CH2-]C(N)=O.[CH2-]C(N)=O.[CH2-]N.[CH2-]N.[Y].[Y]. The van der Waals surface area contributed by atoms with E-state index in [0.717, 1.165) is 0 Å². The average molecular weight is 554 g/mol. The van der Waals surface area contributed by atoms with Gasteiger partial charge >= 0.3 is 21.0 Å². The summed E-state index contributed by atoms with van der Waals surface area (Å²) in [6, 6.07) is 0. The van der Waals surface area contributed by atoms with Crippen molar-refractivity contribution >= 4 is 32.8 Å². The van der Waals surface area contributed by atoms with Crippen molar-refractivity contribution in [2.45, 2.75) is 0 Å². The molecule has 0 spiro atoms. The Morgan fingerprint density at radius 2 is 0.708 bits per heavy atom. The van der Waals surface area contributed by atoms with Gasteiger partial charge in [-0.25, -0.2) is 0 Å². The van der Waals surface area contributed by atoms with Gasteiger partial charge in [0.2, 0.25) is 0 Å². The predicted molar refractivity (Wildman–Crippen MR) is 73.5 cm³/mol. The van der Waals surface area contributed by atoms with Gasteiger partial charge in [-0.05, 0) is 0 Å². The van der Waals surface area contributed by atoms with Crippen LogP contribution in [0.25, 0.3) is 0 Å². The van der Waals surface area contributed by atoms with Gasteiger partial charge in [-0.15, -0.1) is 0 Å². The van der Waals surface area contributed by atoms with Crippen LogP contribution in [0.5, 0.6) is 0 Å². The van der Waals surface area contributed by atoms with Crippen molar-refractivity contribution in [3.8, 4) is 0 Å². The first-order chi connectivity index (χ1) is 9.46. The van der Waals surface area contributed by atoms with Gasteiger partial charge in [0.15, 0.2) is 0 Å². The maximum absolute atomic E-state index is 10.2. The van der Waals surface area contributed by atoms with E-state index in [2.05, 4.69) is 50.9 Å². The fourth-order valence-corrected chi connectivity index (χ4v) is 0. The van der Waals surface area contributed by atoms with Crippen LogP contribution in [0, 0.1) is 27.9 Å². The molecule has 0 aliphatic carbocycles. The van der Waals surface area contributed by atoms with E-state index in [4.69, 9.17) is 35.5 Å². The van der Waals surface area contributed by atoms with E-state index >= 15 is 0 Å². The van der Waals surface area contributed by atoms with Crippen molar-refractivity contribution in [3.63, 3.8) is 0 Å². The van der Waals surface area contributed by atoms with Gasteiger partial charge in [0.25, 0.3) is 0 Å². The number of carbonyl (C=O) groups is 2. The molecule has 2 amide bonds. The summed E-state index contributed by atoms with van der Waals surface area (Å²) in [6.45, 7) is 5.56. The van der Waals surface area contributed by atoms with Crippen LogP contribution in [0.4, 0.5) is 7.77 Å². The standard InChI is InChI=1S/2C2H4NO.2CH4N.2FHO3S.2Y/c2*1-2(3)4;2*1-2;2*1-5(2,3)4;;/h2*1H2,(H2,3,4);2*1-2H2;2*(H,2,3,4);;/q4*-1;;;;. The third-order valence-electron chi connectivity index (χ3n) is 0. The molecule has 0 aromatic rings. The zero-order valence-electron chi connectivity index (χ0n) is 12.2. The van der Waals surface area contributed by atoms with Crippen LogP contribution < -0.4 is 22.9 Å². The van der Waals surface area contributed by atoms with Crippen molar-refractivity contribution in [1.82, 2.24) is 0 Å². The molecule has 0 rings (SSSR count). The van der Waals surface area contributed by atoms with Gasteiger partial charge in [-0.2, -0.15) is 16.8 Å². The molecule has 0 saturated heterocycles. The normalized spacial score (nSPS) is 7.33. The Hall–Kier alpha value is 0.488. The minimum Gasteiger partial charge on any atom is -0.486 e. The molecule has 10 N–H and O–H groups in total. The molecule has 0 aromatic carbocycles. The molecule has 0 atom stereocenters. The Kier molecular flexibility index (Phi) is 72.0. The maximum atomic E-state index is 10.2. The number of carbonyl (C=O) groups excluding carboxylic acids is 2. The number of nitrogens with two attached hydrogens (primary N) is 4. The molecular weight excluding hydrogens is 536 g/mol. The smallest absolute Gasteiger partial charge is 0.435 e. The molecule has 0 bridgehead atoms.